The van der Waals surface area contributed by atoms with Gasteiger partial charge in [-0.05, 0) is 34.6 Å². The molecular weight excluding hydrogens is 190 g/mol. The minimum absolute atomic E-state index is 0.498. The lowest BCUT2D eigenvalue weighted by atomic mass is 10.1. The van der Waals surface area contributed by atoms with Crippen LogP contribution in [0.3, 0.4) is 0 Å². The monoisotopic (exact) mass is 209 g/mol. The predicted octanol–water partition coefficient (Wildman–Crippen LogP) is 0.474. The molecule has 0 rings (SSSR count). The van der Waals surface area contributed by atoms with Gasteiger partial charge in [-0.3, -0.25) is 0 Å². The van der Waals surface area contributed by atoms with Crippen molar-refractivity contribution in [2.45, 2.75) is 51.5 Å². The molecule has 0 amide bonds. The zero-order valence-corrected chi connectivity index (χ0v) is 9.64. The normalized spacial score (nSPS) is 18.3. The van der Waals surface area contributed by atoms with E-state index in [1.807, 2.05) is 0 Å². The van der Waals surface area contributed by atoms with Gasteiger partial charge >= 0.3 is 0 Å². The molecule has 13 heavy (non-hydrogen) atoms. The summed E-state index contributed by atoms with van der Waals surface area (Å²) in [5, 5.41) is 8.35. The molecule has 2 N–H and O–H groups in total. The fraction of sp³-hybridized carbons (Fsp3) is 1.00. The van der Waals surface area contributed by atoms with Gasteiger partial charge in [-0.1, -0.05) is 0 Å². The molecule has 80 valence electrons. The maximum atomic E-state index is 11.5. The molecule has 0 aliphatic heterocycles. The van der Waals surface area contributed by atoms with Gasteiger partial charge in [0.2, 0.25) is 10.0 Å². The Morgan fingerprint density at radius 1 is 1.23 bits per heavy atom. The Morgan fingerprint density at radius 2 is 1.62 bits per heavy atom. The Labute approximate surface area is 80.4 Å². The van der Waals surface area contributed by atoms with Crippen LogP contribution in [0.15, 0.2) is 0 Å². The van der Waals surface area contributed by atoms with Crippen LogP contribution in [0.2, 0.25) is 0 Å². The molecule has 0 aliphatic rings. The number of nitrogens with one attached hydrogen (secondary N) is 1. The highest BCUT2D eigenvalue weighted by molar-refractivity contribution is 7.90. The van der Waals surface area contributed by atoms with Gasteiger partial charge in [0.1, 0.15) is 0 Å². The van der Waals surface area contributed by atoms with E-state index >= 15 is 0 Å². The molecule has 0 spiro atoms. The molecule has 2 unspecified atom stereocenters. The molecule has 0 aliphatic carbocycles. The van der Waals surface area contributed by atoms with E-state index in [9.17, 15) is 8.42 Å². The second-order valence-corrected chi connectivity index (χ2v) is 6.38. The summed E-state index contributed by atoms with van der Waals surface area (Å²) in [5.41, 5.74) is -0.498. The van der Waals surface area contributed by atoms with Gasteiger partial charge in [-0.2, -0.15) is 0 Å². The Kier molecular flexibility index (Phi) is 3.90. The van der Waals surface area contributed by atoms with Crippen LogP contribution in [0.5, 0.6) is 0 Å². The molecule has 2 atom stereocenters. The van der Waals surface area contributed by atoms with Gasteiger partial charge in [0.05, 0.1) is 11.4 Å². The third kappa shape index (κ3) is 4.59. The zero-order valence-electron chi connectivity index (χ0n) is 8.83. The largest absolute Gasteiger partial charge is 0.392 e. The minimum Gasteiger partial charge on any atom is -0.392 e. The lowest BCUT2D eigenvalue weighted by molar-refractivity contribution is 0.192. The van der Waals surface area contributed by atoms with Crippen LogP contribution in [0.1, 0.15) is 34.6 Å². The molecule has 5 heteroatoms. The molecule has 0 bridgehead atoms. The van der Waals surface area contributed by atoms with Crippen molar-refractivity contribution in [2.24, 2.45) is 0 Å². The fourth-order valence-corrected chi connectivity index (χ4v) is 2.34. The van der Waals surface area contributed by atoms with Crippen molar-refractivity contribution >= 4 is 10.0 Å². The summed E-state index contributed by atoms with van der Waals surface area (Å²) in [5.74, 6) is 0. The number of rotatable bonds is 3. The highest BCUT2D eigenvalue weighted by Gasteiger charge is 2.28. The first-order valence-corrected chi connectivity index (χ1v) is 5.82. The molecule has 0 saturated carbocycles. The maximum Gasteiger partial charge on any atom is 0.217 e. The van der Waals surface area contributed by atoms with Crippen LogP contribution in [-0.2, 0) is 10.0 Å². The summed E-state index contributed by atoms with van der Waals surface area (Å²) in [4.78, 5) is 0. The topological polar surface area (TPSA) is 66.4 Å². The Morgan fingerprint density at radius 3 is 1.85 bits per heavy atom. The van der Waals surface area contributed by atoms with Crippen molar-refractivity contribution in [3.63, 3.8) is 0 Å². The summed E-state index contributed by atoms with van der Waals surface area (Å²) in [6.07, 6.45) is -0.861. The van der Waals surface area contributed by atoms with Gasteiger partial charge in [0.15, 0.2) is 0 Å². The lowest BCUT2D eigenvalue weighted by Gasteiger charge is -2.24. The van der Waals surface area contributed by atoms with E-state index in [0.29, 0.717) is 0 Å². The molecule has 4 nitrogen and oxygen atoms in total. The van der Waals surface area contributed by atoms with Crippen molar-refractivity contribution in [2.75, 3.05) is 0 Å². The van der Waals surface area contributed by atoms with Crippen LogP contribution in [0, 0.1) is 0 Å². The lowest BCUT2D eigenvalue weighted by Crippen LogP contribution is -2.47. The molecule has 0 fully saturated rings. The summed E-state index contributed by atoms with van der Waals surface area (Å²) < 4.78 is 25.5. The molecule has 0 aromatic carbocycles. The van der Waals surface area contributed by atoms with E-state index in [-0.39, 0.29) is 0 Å². The first kappa shape index (κ1) is 12.9. The van der Waals surface area contributed by atoms with Crippen molar-refractivity contribution in [3.8, 4) is 0 Å². The number of aliphatic hydroxyl groups excluding tert-OH is 1. The first-order chi connectivity index (χ1) is 5.56. The molecule has 0 saturated heterocycles. The predicted molar refractivity (Wildman–Crippen MR) is 53.0 cm³/mol. The van der Waals surface area contributed by atoms with E-state index < -0.39 is 26.9 Å². The molecule has 0 heterocycles. The summed E-state index contributed by atoms with van der Waals surface area (Å²) in [7, 11) is -3.42. The average molecular weight is 209 g/mol. The summed E-state index contributed by atoms with van der Waals surface area (Å²) in [6, 6.07) is 0. The molecule has 0 aromatic rings. The van der Waals surface area contributed by atoms with Crippen LogP contribution >= 0.6 is 0 Å². The minimum atomic E-state index is -3.42. The van der Waals surface area contributed by atoms with E-state index in [1.54, 1.807) is 20.8 Å². The zero-order chi connectivity index (χ0) is 10.9. The van der Waals surface area contributed by atoms with Crippen molar-refractivity contribution < 1.29 is 13.5 Å². The van der Waals surface area contributed by atoms with Gasteiger partial charge in [-0.15, -0.1) is 0 Å². The van der Waals surface area contributed by atoms with E-state index in [4.69, 9.17) is 5.11 Å². The Hall–Kier alpha value is -0.130. The van der Waals surface area contributed by atoms with Crippen LogP contribution in [-0.4, -0.2) is 30.4 Å². The third-order valence-electron chi connectivity index (χ3n) is 1.62. The smallest absolute Gasteiger partial charge is 0.217 e. The van der Waals surface area contributed by atoms with Gasteiger partial charge in [0, 0.05) is 5.54 Å². The van der Waals surface area contributed by atoms with Gasteiger partial charge in [0.25, 0.3) is 0 Å². The van der Waals surface area contributed by atoms with Crippen LogP contribution in [0.25, 0.3) is 0 Å². The molecule has 0 aromatic heterocycles. The number of sulfonamides is 1. The second kappa shape index (κ2) is 3.94. The first-order valence-electron chi connectivity index (χ1n) is 4.27. The van der Waals surface area contributed by atoms with Crippen LogP contribution < -0.4 is 4.72 Å². The number of hydrogen-bond acceptors (Lipinski definition) is 3. The van der Waals surface area contributed by atoms with E-state index in [2.05, 4.69) is 4.72 Å². The molecule has 0 radical (unpaired) electrons. The fourth-order valence-electron chi connectivity index (χ4n) is 0.779. The molecular formula is C8H19NO3S. The second-order valence-electron chi connectivity index (χ2n) is 4.34. The highest BCUT2D eigenvalue weighted by atomic mass is 32.2. The van der Waals surface area contributed by atoms with Crippen LogP contribution in [0.4, 0.5) is 0 Å². The van der Waals surface area contributed by atoms with Crippen molar-refractivity contribution in [3.05, 3.63) is 0 Å². The van der Waals surface area contributed by atoms with Gasteiger partial charge in [-0.25, -0.2) is 13.1 Å². The van der Waals surface area contributed by atoms with Gasteiger partial charge < -0.3 is 5.11 Å². The SMILES string of the molecule is CC(O)C(C)S(=O)(=O)NC(C)(C)C. The van der Waals surface area contributed by atoms with Crippen molar-refractivity contribution in [1.29, 1.82) is 0 Å². The summed E-state index contributed by atoms with van der Waals surface area (Å²) >= 11 is 0. The number of hydrogen-bond donors (Lipinski definition) is 2. The van der Waals surface area contributed by atoms with E-state index in [0.717, 1.165) is 0 Å². The van der Waals surface area contributed by atoms with Crippen molar-refractivity contribution in [1.82, 2.24) is 4.72 Å². The Balaban J connectivity index is 4.61. The standard InChI is InChI=1S/C8H19NO3S/c1-6(10)7(2)13(11,12)9-8(3,4)5/h6-7,9-10H,1-5H3. The third-order valence-corrected chi connectivity index (χ3v) is 3.89. The Bertz CT molecular complexity index is 251. The average Bonchev–Trinajstić information content (AvgIpc) is 1.80. The highest BCUT2D eigenvalue weighted by Crippen LogP contribution is 2.09. The van der Waals surface area contributed by atoms with E-state index in [1.165, 1.54) is 13.8 Å². The quantitative estimate of drug-likeness (QED) is 0.710. The maximum absolute atomic E-state index is 11.5. The summed E-state index contributed by atoms with van der Waals surface area (Å²) in [6.45, 7) is 8.24. The number of aliphatic hydroxyl groups is 1.